The molecule has 0 fully saturated rings. The lowest BCUT2D eigenvalue weighted by atomic mass is 10.1. The Morgan fingerprint density at radius 3 is 2.28 bits per heavy atom. The third kappa shape index (κ3) is 6.96. The number of rotatable bonds is 8. The Kier molecular flexibility index (Phi) is 7.47. The molecule has 0 aliphatic heterocycles. The summed E-state index contributed by atoms with van der Waals surface area (Å²) in [6.07, 6.45) is 2.35. The minimum atomic E-state index is -3.06. The summed E-state index contributed by atoms with van der Waals surface area (Å²) >= 11 is 0. The van der Waals surface area contributed by atoms with E-state index in [0.29, 0.717) is 19.0 Å². The number of likely N-dealkylation sites (N-methyl/N-ethyl adjacent to an activating group) is 1. The maximum atomic E-state index is 12.0. The van der Waals surface area contributed by atoms with Gasteiger partial charge < -0.3 is 10.6 Å². The second-order valence-electron chi connectivity index (χ2n) is 4.92. The van der Waals surface area contributed by atoms with Gasteiger partial charge in [-0.1, -0.05) is 20.3 Å². The molecule has 0 aromatic carbocycles. The van der Waals surface area contributed by atoms with Crippen LogP contribution in [0.3, 0.4) is 0 Å². The Labute approximate surface area is 111 Å². The second kappa shape index (κ2) is 7.74. The van der Waals surface area contributed by atoms with Crippen LogP contribution in [0.15, 0.2) is 0 Å². The van der Waals surface area contributed by atoms with Gasteiger partial charge in [-0.3, -0.25) is 4.79 Å². The summed E-state index contributed by atoms with van der Waals surface area (Å²) in [7, 11) is -3.06. The van der Waals surface area contributed by atoms with E-state index in [4.69, 9.17) is 5.73 Å². The Morgan fingerprint density at radius 2 is 1.89 bits per heavy atom. The summed E-state index contributed by atoms with van der Waals surface area (Å²) in [5, 5.41) is 0. The smallest absolute Gasteiger partial charge is 0.239 e. The van der Waals surface area contributed by atoms with Crippen molar-refractivity contribution >= 4 is 15.7 Å². The predicted molar refractivity (Wildman–Crippen MR) is 74.0 cm³/mol. The van der Waals surface area contributed by atoms with Crippen LogP contribution in [0.1, 0.15) is 33.6 Å². The Morgan fingerprint density at radius 1 is 1.33 bits per heavy atom. The summed E-state index contributed by atoms with van der Waals surface area (Å²) in [6.45, 7) is 7.35. The third-order valence-corrected chi connectivity index (χ3v) is 4.02. The molecule has 0 aliphatic carbocycles. The maximum absolute atomic E-state index is 12.0. The quantitative estimate of drug-likeness (QED) is 0.706. The van der Waals surface area contributed by atoms with Crippen molar-refractivity contribution in [2.75, 3.05) is 25.1 Å². The highest BCUT2D eigenvalue weighted by atomic mass is 32.2. The van der Waals surface area contributed by atoms with Crippen LogP contribution in [-0.4, -0.2) is 50.4 Å². The highest BCUT2D eigenvalue weighted by Crippen LogP contribution is 2.07. The van der Waals surface area contributed by atoms with E-state index in [1.165, 1.54) is 0 Å². The molecule has 2 N–H and O–H groups in total. The molecule has 0 spiro atoms. The zero-order chi connectivity index (χ0) is 14.3. The van der Waals surface area contributed by atoms with E-state index < -0.39 is 15.9 Å². The lowest BCUT2D eigenvalue weighted by Gasteiger charge is -2.26. The lowest BCUT2D eigenvalue weighted by molar-refractivity contribution is -0.133. The minimum absolute atomic E-state index is 0.0409. The molecule has 108 valence electrons. The largest absolute Gasteiger partial charge is 0.341 e. The van der Waals surface area contributed by atoms with Crippen LogP contribution < -0.4 is 5.73 Å². The van der Waals surface area contributed by atoms with E-state index in [9.17, 15) is 13.2 Å². The maximum Gasteiger partial charge on any atom is 0.239 e. The number of amides is 1. The van der Waals surface area contributed by atoms with Gasteiger partial charge >= 0.3 is 0 Å². The Balaban J connectivity index is 4.40. The Bertz CT molecular complexity index is 354. The molecule has 0 aromatic heterocycles. The zero-order valence-electron chi connectivity index (χ0n) is 11.8. The summed E-state index contributed by atoms with van der Waals surface area (Å²) in [4.78, 5) is 13.8. The summed E-state index contributed by atoms with van der Waals surface area (Å²) in [5.41, 5.74) is 5.76. The van der Waals surface area contributed by atoms with Crippen molar-refractivity contribution in [2.24, 2.45) is 11.7 Å². The molecule has 0 radical (unpaired) electrons. The number of nitrogens with zero attached hydrogens (tertiary/aromatic N) is 1. The number of carbonyl (C=O) groups excluding carboxylic acids is 1. The fourth-order valence-electron chi connectivity index (χ4n) is 1.58. The van der Waals surface area contributed by atoms with Crippen LogP contribution in [0.5, 0.6) is 0 Å². The molecule has 0 saturated carbocycles. The SMILES string of the molecule is CCC(C)CN(CC)C(=O)C(N)CCS(C)(=O)=O. The molecule has 18 heavy (non-hydrogen) atoms. The molecule has 5 nitrogen and oxygen atoms in total. The minimum Gasteiger partial charge on any atom is -0.341 e. The second-order valence-corrected chi connectivity index (χ2v) is 7.18. The van der Waals surface area contributed by atoms with Gasteiger partial charge in [-0.25, -0.2) is 8.42 Å². The van der Waals surface area contributed by atoms with Crippen LogP contribution in [0.4, 0.5) is 0 Å². The topological polar surface area (TPSA) is 80.5 Å². The van der Waals surface area contributed by atoms with E-state index in [2.05, 4.69) is 13.8 Å². The highest BCUT2D eigenvalue weighted by molar-refractivity contribution is 7.90. The summed E-state index contributed by atoms with van der Waals surface area (Å²) in [5.74, 6) is 0.235. The van der Waals surface area contributed by atoms with Crippen molar-refractivity contribution in [3.8, 4) is 0 Å². The first-order valence-corrected chi connectivity index (χ1v) is 8.49. The standard InChI is InChI=1S/C12H26N2O3S/c1-5-10(3)9-14(6-2)12(15)11(13)7-8-18(4,16)17/h10-11H,5-9,13H2,1-4H3. The van der Waals surface area contributed by atoms with Crippen LogP contribution in [-0.2, 0) is 14.6 Å². The summed E-state index contributed by atoms with van der Waals surface area (Å²) in [6, 6.07) is -0.719. The van der Waals surface area contributed by atoms with Gasteiger partial charge in [-0.05, 0) is 19.3 Å². The van der Waals surface area contributed by atoms with Gasteiger partial charge in [0.05, 0.1) is 11.8 Å². The van der Waals surface area contributed by atoms with Gasteiger partial charge in [0, 0.05) is 19.3 Å². The monoisotopic (exact) mass is 278 g/mol. The number of nitrogens with two attached hydrogens (primary N) is 1. The normalized spacial score (nSPS) is 15.2. The van der Waals surface area contributed by atoms with Crippen molar-refractivity contribution in [2.45, 2.75) is 39.7 Å². The Hall–Kier alpha value is -0.620. The fraction of sp³-hybridized carbons (Fsp3) is 0.917. The molecular formula is C12H26N2O3S. The molecule has 2 atom stereocenters. The van der Waals surface area contributed by atoms with Crippen LogP contribution in [0.25, 0.3) is 0 Å². The fourth-order valence-corrected chi connectivity index (χ4v) is 2.26. The highest BCUT2D eigenvalue weighted by Gasteiger charge is 2.22. The van der Waals surface area contributed by atoms with Gasteiger partial charge in [0.25, 0.3) is 0 Å². The van der Waals surface area contributed by atoms with Crippen molar-refractivity contribution in [1.82, 2.24) is 4.90 Å². The number of hydrogen-bond donors (Lipinski definition) is 1. The predicted octanol–water partition coefficient (Wildman–Crippen LogP) is 0.643. The number of sulfone groups is 1. The van der Waals surface area contributed by atoms with E-state index >= 15 is 0 Å². The van der Waals surface area contributed by atoms with Gasteiger partial charge in [0.15, 0.2) is 0 Å². The first kappa shape index (κ1) is 17.4. The van der Waals surface area contributed by atoms with Crippen molar-refractivity contribution in [3.63, 3.8) is 0 Å². The number of carbonyl (C=O) groups is 1. The molecular weight excluding hydrogens is 252 g/mol. The van der Waals surface area contributed by atoms with E-state index in [-0.39, 0.29) is 18.1 Å². The van der Waals surface area contributed by atoms with E-state index in [1.54, 1.807) is 4.90 Å². The zero-order valence-corrected chi connectivity index (χ0v) is 12.7. The molecule has 0 aromatic rings. The van der Waals surface area contributed by atoms with Crippen molar-refractivity contribution in [3.05, 3.63) is 0 Å². The van der Waals surface area contributed by atoms with Crippen LogP contribution in [0.2, 0.25) is 0 Å². The van der Waals surface area contributed by atoms with E-state index in [1.807, 2.05) is 6.92 Å². The van der Waals surface area contributed by atoms with Gasteiger partial charge in [-0.15, -0.1) is 0 Å². The van der Waals surface area contributed by atoms with Gasteiger partial charge in [-0.2, -0.15) is 0 Å². The number of hydrogen-bond acceptors (Lipinski definition) is 4. The summed E-state index contributed by atoms with van der Waals surface area (Å²) < 4.78 is 22.1. The third-order valence-electron chi connectivity index (χ3n) is 3.04. The van der Waals surface area contributed by atoms with Crippen molar-refractivity contribution in [1.29, 1.82) is 0 Å². The molecule has 6 heteroatoms. The molecule has 1 amide bonds. The first-order chi connectivity index (χ1) is 8.21. The van der Waals surface area contributed by atoms with Crippen molar-refractivity contribution < 1.29 is 13.2 Å². The van der Waals surface area contributed by atoms with E-state index in [0.717, 1.165) is 12.7 Å². The molecule has 0 aliphatic rings. The lowest BCUT2D eigenvalue weighted by Crippen LogP contribution is -2.46. The van der Waals surface area contributed by atoms with Gasteiger partial charge in [0.1, 0.15) is 9.84 Å². The average Bonchev–Trinajstić information content (AvgIpc) is 2.30. The molecule has 0 rings (SSSR count). The molecule has 0 bridgehead atoms. The molecule has 0 heterocycles. The molecule has 2 unspecified atom stereocenters. The molecule has 0 saturated heterocycles. The van der Waals surface area contributed by atoms with Crippen LogP contribution in [0, 0.1) is 5.92 Å². The van der Waals surface area contributed by atoms with Gasteiger partial charge in [0.2, 0.25) is 5.91 Å². The first-order valence-electron chi connectivity index (χ1n) is 6.43. The van der Waals surface area contributed by atoms with Crippen LogP contribution >= 0.6 is 0 Å². The average molecular weight is 278 g/mol.